The van der Waals surface area contributed by atoms with E-state index in [4.69, 9.17) is 5.73 Å². The SMILES string of the molecule is Cc1cc(F)c(Br)cc1Nc1cc(Br)ccc1N. The molecule has 0 atom stereocenters. The quantitative estimate of drug-likeness (QED) is 0.728. The molecule has 0 radical (unpaired) electrons. The molecule has 0 aliphatic rings. The van der Waals surface area contributed by atoms with Crippen LogP contribution in [0.25, 0.3) is 0 Å². The molecule has 2 aromatic rings. The van der Waals surface area contributed by atoms with Crippen molar-refractivity contribution in [1.29, 1.82) is 0 Å². The van der Waals surface area contributed by atoms with Gasteiger partial charge in [0, 0.05) is 10.2 Å². The predicted octanol–water partition coefficient (Wildman–Crippen LogP) is 4.98. The molecular weight excluding hydrogens is 363 g/mol. The molecule has 0 unspecified atom stereocenters. The van der Waals surface area contributed by atoms with Gasteiger partial charge in [-0.3, -0.25) is 0 Å². The van der Waals surface area contributed by atoms with Crippen molar-refractivity contribution in [3.8, 4) is 0 Å². The lowest BCUT2D eigenvalue weighted by molar-refractivity contribution is 0.620. The third-order valence-corrected chi connectivity index (χ3v) is 3.65. The van der Waals surface area contributed by atoms with Gasteiger partial charge in [-0.2, -0.15) is 0 Å². The Kier molecular flexibility index (Phi) is 3.92. The number of nitrogens with two attached hydrogens (primary N) is 1. The highest BCUT2D eigenvalue weighted by molar-refractivity contribution is 9.10. The number of nitrogens with one attached hydrogen (secondary N) is 1. The summed E-state index contributed by atoms with van der Waals surface area (Å²) in [5, 5.41) is 3.20. The summed E-state index contributed by atoms with van der Waals surface area (Å²) < 4.78 is 14.7. The van der Waals surface area contributed by atoms with Gasteiger partial charge in [-0.05, 0) is 58.7 Å². The average molecular weight is 374 g/mol. The highest BCUT2D eigenvalue weighted by Gasteiger charge is 2.07. The molecule has 18 heavy (non-hydrogen) atoms. The number of benzene rings is 2. The normalized spacial score (nSPS) is 10.4. The summed E-state index contributed by atoms with van der Waals surface area (Å²) in [6.45, 7) is 1.84. The van der Waals surface area contributed by atoms with Crippen LogP contribution in [0.2, 0.25) is 0 Å². The molecule has 0 bridgehead atoms. The molecule has 2 aromatic carbocycles. The smallest absolute Gasteiger partial charge is 0.137 e. The van der Waals surface area contributed by atoms with Crippen molar-refractivity contribution in [2.45, 2.75) is 6.92 Å². The van der Waals surface area contributed by atoms with Gasteiger partial charge in [0.2, 0.25) is 0 Å². The van der Waals surface area contributed by atoms with Crippen LogP contribution >= 0.6 is 31.9 Å². The van der Waals surface area contributed by atoms with Gasteiger partial charge in [0.15, 0.2) is 0 Å². The number of rotatable bonds is 2. The molecule has 0 amide bonds. The van der Waals surface area contributed by atoms with E-state index in [9.17, 15) is 4.39 Å². The lowest BCUT2D eigenvalue weighted by atomic mass is 10.2. The second-order valence-corrected chi connectivity index (χ2v) is 5.71. The van der Waals surface area contributed by atoms with E-state index >= 15 is 0 Å². The first-order valence-corrected chi connectivity index (χ1v) is 6.83. The molecule has 3 N–H and O–H groups in total. The van der Waals surface area contributed by atoms with E-state index in [2.05, 4.69) is 37.2 Å². The number of hydrogen-bond donors (Lipinski definition) is 2. The molecule has 0 aliphatic heterocycles. The minimum Gasteiger partial charge on any atom is -0.397 e. The Labute approximate surface area is 122 Å². The Morgan fingerprint density at radius 3 is 2.56 bits per heavy atom. The van der Waals surface area contributed by atoms with Crippen molar-refractivity contribution in [3.05, 3.63) is 50.7 Å². The molecule has 0 fully saturated rings. The summed E-state index contributed by atoms with van der Waals surface area (Å²) in [5.74, 6) is -0.278. The molecule has 0 heterocycles. The zero-order valence-electron chi connectivity index (χ0n) is 9.60. The number of halogens is 3. The van der Waals surface area contributed by atoms with Gasteiger partial charge in [0.25, 0.3) is 0 Å². The highest BCUT2D eigenvalue weighted by Crippen LogP contribution is 2.30. The maximum absolute atomic E-state index is 13.3. The first-order chi connectivity index (χ1) is 8.47. The molecule has 2 nitrogen and oxygen atoms in total. The van der Waals surface area contributed by atoms with Crippen LogP contribution in [-0.2, 0) is 0 Å². The van der Waals surface area contributed by atoms with E-state index < -0.39 is 0 Å². The summed E-state index contributed by atoms with van der Waals surface area (Å²) in [6, 6.07) is 8.73. The number of hydrogen-bond acceptors (Lipinski definition) is 2. The monoisotopic (exact) mass is 372 g/mol. The zero-order valence-corrected chi connectivity index (χ0v) is 12.8. The fraction of sp³-hybridized carbons (Fsp3) is 0.0769. The Morgan fingerprint density at radius 1 is 1.11 bits per heavy atom. The van der Waals surface area contributed by atoms with Crippen LogP contribution in [0.5, 0.6) is 0 Å². The fourth-order valence-corrected chi connectivity index (χ4v) is 2.27. The lowest BCUT2D eigenvalue weighted by Gasteiger charge is -2.13. The summed E-state index contributed by atoms with van der Waals surface area (Å²) in [7, 11) is 0. The van der Waals surface area contributed by atoms with Gasteiger partial charge in [0.05, 0.1) is 15.8 Å². The average Bonchev–Trinajstić information content (AvgIpc) is 2.30. The van der Waals surface area contributed by atoms with Gasteiger partial charge < -0.3 is 11.1 Å². The second kappa shape index (κ2) is 5.28. The topological polar surface area (TPSA) is 38.0 Å². The number of anilines is 3. The van der Waals surface area contributed by atoms with E-state index in [-0.39, 0.29) is 5.82 Å². The molecule has 0 spiro atoms. The van der Waals surface area contributed by atoms with Crippen LogP contribution in [0.1, 0.15) is 5.56 Å². The van der Waals surface area contributed by atoms with Crippen molar-refractivity contribution in [3.63, 3.8) is 0 Å². The minimum absolute atomic E-state index is 0.278. The first kappa shape index (κ1) is 13.4. The predicted molar refractivity (Wildman–Crippen MR) is 80.7 cm³/mol. The molecular formula is C13H11Br2FN2. The maximum atomic E-state index is 13.3. The van der Waals surface area contributed by atoms with E-state index in [1.807, 2.05) is 19.1 Å². The highest BCUT2D eigenvalue weighted by atomic mass is 79.9. The molecule has 5 heteroatoms. The van der Waals surface area contributed by atoms with Crippen LogP contribution < -0.4 is 11.1 Å². The van der Waals surface area contributed by atoms with Crippen molar-refractivity contribution in [2.75, 3.05) is 11.1 Å². The van der Waals surface area contributed by atoms with E-state index in [0.29, 0.717) is 10.2 Å². The van der Waals surface area contributed by atoms with Crippen LogP contribution in [0.3, 0.4) is 0 Å². The maximum Gasteiger partial charge on any atom is 0.137 e. The summed E-state index contributed by atoms with van der Waals surface area (Å²) in [4.78, 5) is 0. The van der Waals surface area contributed by atoms with Crippen molar-refractivity contribution >= 4 is 48.9 Å². The van der Waals surface area contributed by atoms with Crippen LogP contribution in [0.15, 0.2) is 39.3 Å². The van der Waals surface area contributed by atoms with E-state index in [1.54, 1.807) is 12.1 Å². The Morgan fingerprint density at radius 2 is 1.83 bits per heavy atom. The fourth-order valence-electron chi connectivity index (χ4n) is 1.56. The third-order valence-electron chi connectivity index (χ3n) is 2.55. The van der Waals surface area contributed by atoms with Gasteiger partial charge in [0.1, 0.15) is 5.82 Å². The second-order valence-electron chi connectivity index (χ2n) is 3.94. The van der Waals surface area contributed by atoms with Crippen LogP contribution in [0.4, 0.5) is 21.5 Å². The standard InChI is InChI=1S/C13H11Br2FN2/c1-7-4-10(16)9(15)6-12(7)18-13-5-8(14)2-3-11(13)17/h2-6,18H,17H2,1H3. The molecule has 0 aliphatic carbocycles. The van der Waals surface area contributed by atoms with Gasteiger partial charge in [-0.25, -0.2) is 4.39 Å². The molecule has 0 saturated carbocycles. The summed E-state index contributed by atoms with van der Waals surface area (Å²) >= 11 is 6.56. The van der Waals surface area contributed by atoms with Crippen LogP contribution in [-0.4, -0.2) is 0 Å². The Hall–Kier alpha value is -1.07. The van der Waals surface area contributed by atoms with Crippen LogP contribution in [0, 0.1) is 12.7 Å². The third kappa shape index (κ3) is 2.84. The van der Waals surface area contributed by atoms with E-state index in [0.717, 1.165) is 21.4 Å². The van der Waals surface area contributed by atoms with Gasteiger partial charge in [-0.1, -0.05) is 15.9 Å². The zero-order chi connectivity index (χ0) is 13.3. The Bertz CT molecular complexity index is 600. The molecule has 94 valence electrons. The summed E-state index contributed by atoms with van der Waals surface area (Å²) in [6.07, 6.45) is 0. The number of aryl methyl sites for hydroxylation is 1. The van der Waals surface area contributed by atoms with E-state index in [1.165, 1.54) is 6.07 Å². The minimum atomic E-state index is -0.278. The lowest BCUT2D eigenvalue weighted by Crippen LogP contribution is -1.98. The van der Waals surface area contributed by atoms with Crippen molar-refractivity contribution < 1.29 is 4.39 Å². The molecule has 0 saturated heterocycles. The molecule has 2 rings (SSSR count). The summed E-state index contributed by atoms with van der Waals surface area (Å²) in [5.41, 5.74) is 8.93. The van der Waals surface area contributed by atoms with Gasteiger partial charge in [-0.15, -0.1) is 0 Å². The first-order valence-electron chi connectivity index (χ1n) is 5.25. The Balaban J connectivity index is 2.40. The molecule has 0 aromatic heterocycles. The van der Waals surface area contributed by atoms with Crippen molar-refractivity contribution in [2.24, 2.45) is 0 Å². The number of nitrogen functional groups attached to an aromatic ring is 1. The largest absolute Gasteiger partial charge is 0.397 e. The van der Waals surface area contributed by atoms with Gasteiger partial charge >= 0.3 is 0 Å². The van der Waals surface area contributed by atoms with Crippen molar-refractivity contribution in [1.82, 2.24) is 0 Å².